The molecule has 2 aliphatic carbocycles. The minimum atomic E-state index is 0.453. The molecule has 220 valence electrons. The standard InChI is InChI=1S/C37H57N3/c1-25(2)31-21-15-22-32(26(3)4)35(31)38-37(39-36-33(27(5)6)23-16-24-34(36)28(7)8)40(29-17-11-9-12-18-29)30-19-13-10-14-20-30/h15-16,21-30H,9-14,17-20H2,1-8H3,(H,38,39)/p+1. The maximum Gasteiger partial charge on any atom is 0.356 e. The molecule has 2 fully saturated rings. The van der Waals surface area contributed by atoms with Crippen molar-refractivity contribution in [3.63, 3.8) is 0 Å². The van der Waals surface area contributed by atoms with Crippen molar-refractivity contribution in [2.45, 2.75) is 155 Å². The van der Waals surface area contributed by atoms with E-state index in [1.54, 1.807) is 0 Å². The molecule has 3 nitrogen and oxygen atoms in total. The number of hydrogen-bond donors (Lipinski definition) is 2. The zero-order valence-electron chi connectivity index (χ0n) is 26.9. The van der Waals surface area contributed by atoms with Gasteiger partial charge < -0.3 is 0 Å². The Morgan fingerprint density at radius 3 is 1.10 bits per heavy atom. The molecular formula is C37H58N3+. The molecule has 2 aliphatic rings. The van der Waals surface area contributed by atoms with Gasteiger partial charge in [0.1, 0.15) is 11.4 Å². The van der Waals surface area contributed by atoms with Crippen LogP contribution in [0.5, 0.6) is 0 Å². The van der Waals surface area contributed by atoms with Gasteiger partial charge in [-0.3, -0.25) is 4.58 Å². The number of para-hydroxylation sites is 2. The average molecular weight is 545 g/mol. The van der Waals surface area contributed by atoms with Gasteiger partial charge in [0.15, 0.2) is 0 Å². The summed E-state index contributed by atoms with van der Waals surface area (Å²) in [5.41, 5.74) is 8.30. The molecule has 0 aromatic heterocycles. The molecule has 0 amide bonds. The van der Waals surface area contributed by atoms with E-state index >= 15 is 0 Å². The first-order valence-corrected chi connectivity index (χ1v) is 16.6. The molecule has 2 aromatic carbocycles. The van der Waals surface area contributed by atoms with Crippen molar-refractivity contribution in [1.82, 2.24) is 0 Å². The number of nitrogens with one attached hydrogen (secondary N) is 2. The Bertz CT molecular complexity index is 988. The monoisotopic (exact) mass is 544 g/mol. The third kappa shape index (κ3) is 7.12. The first-order valence-electron chi connectivity index (χ1n) is 16.6. The van der Waals surface area contributed by atoms with Crippen molar-refractivity contribution in [2.75, 3.05) is 10.6 Å². The minimum Gasteiger partial charge on any atom is -0.259 e. The maximum absolute atomic E-state index is 4.19. The van der Waals surface area contributed by atoms with Crippen LogP contribution in [0.3, 0.4) is 0 Å². The number of rotatable bonds is 8. The Balaban J connectivity index is 1.97. The lowest BCUT2D eigenvalue weighted by atomic mass is 9.89. The summed E-state index contributed by atoms with van der Waals surface area (Å²) in [6.45, 7) is 18.7. The lowest BCUT2D eigenvalue weighted by Crippen LogP contribution is -2.47. The molecule has 0 saturated heterocycles. The van der Waals surface area contributed by atoms with Gasteiger partial charge in [0.25, 0.3) is 0 Å². The van der Waals surface area contributed by atoms with Crippen LogP contribution >= 0.6 is 0 Å². The van der Waals surface area contributed by atoms with Crippen LogP contribution in [0.2, 0.25) is 0 Å². The van der Waals surface area contributed by atoms with Gasteiger partial charge in [-0.2, -0.15) is 0 Å². The Labute approximate surface area is 246 Å². The second-order valence-corrected chi connectivity index (χ2v) is 13.8. The van der Waals surface area contributed by atoms with E-state index in [-0.39, 0.29) is 0 Å². The zero-order valence-corrected chi connectivity index (χ0v) is 26.9. The largest absolute Gasteiger partial charge is 0.356 e. The number of anilines is 2. The van der Waals surface area contributed by atoms with E-state index in [0.29, 0.717) is 35.8 Å². The van der Waals surface area contributed by atoms with E-state index in [0.717, 1.165) is 0 Å². The molecule has 0 heterocycles. The highest BCUT2D eigenvalue weighted by atomic mass is 15.3. The van der Waals surface area contributed by atoms with Gasteiger partial charge >= 0.3 is 5.96 Å². The lowest BCUT2D eigenvalue weighted by molar-refractivity contribution is -0.607. The Hall–Kier alpha value is -2.29. The molecule has 0 atom stereocenters. The molecule has 2 saturated carbocycles. The van der Waals surface area contributed by atoms with Gasteiger partial charge in [-0.15, -0.1) is 0 Å². The van der Waals surface area contributed by atoms with E-state index in [2.05, 4.69) is 107 Å². The number of benzene rings is 2. The summed E-state index contributed by atoms with van der Waals surface area (Å²) in [4.78, 5) is 0. The first-order chi connectivity index (χ1) is 19.2. The van der Waals surface area contributed by atoms with Gasteiger partial charge in [0.05, 0.1) is 12.1 Å². The predicted octanol–water partition coefficient (Wildman–Crippen LogP) is 10.7. The molecule has 0 unspecified atom stereocenters. The highest BCUT2D eigenvalue weighted by Gasteiger charge is 2.33. The van der Waals surface area contributed by atoms with Crippen LogP contribution < -0.4 is 10.6 Å². The molecular weight excluding hydrogens is 486 g/mol. The number of guanidine groups is 1. The molecule has 4 rings (SSSR count). The van der Waals surface area contributed by atoms with Crippen LogP contribution in [-0.4, -0.2) is 22.6 Å². The predicted molar refractivity (Wildman–Crippen MR) is 175 cm³/mol. The summed E-state index contributed by atoms with van der Waals surface area (Å²) < 4.78 is 2.86. The maximum atomic E-state index is 4.19. The van der Waals surface area contributed by atoms with Crippen LogP contribution in [-0.2, 0) is 0 Å². The smallest absolute Gasteiger partial charge is 0.259 e. The van der Waals surface area contributed by atoms with E-state index in [9.17, 15) is 0 Å². The van der Waals surface area contributed by atoms with Gasteiger partial charge in [-0.25, -0.2) is 10.6 Å². The van der Waals surface area contributed by atoms with Gasteiger partial charge in [0, 0.05) is 0 Å². The lowest BCUT2D eigenvalue weighted by Gasteiger charge is -2.34. The van der Waals surface area contributed by atoms with Gasteiger partial charge in [0.2, 0.25) is 0 Å². The highest BCUT2D eigenvalue weighted by Crippen LogP contribution is 2.36. The van der Waals surface area contributed by atoms with E-state index < -0.39 is 0 Å². The number of hydrogen-bond acceptors (Lipinski definition) is 0. The molecule has 2 aromatic rings. The van der Waals surface area contributed by atoms with Crippen molar-refractivity contribution in [3.8, 4) is 0 Å². The molecule has 0 aliphatic heterocycles. The Kier molecular flexibility index (Phi) is 10.8. The summed E-state index contributed by atoms with van der Waals surface area (Å²) in [5.74, 6) is 3.04. The normalized spacial score (nSPS) is 17.2. The van der Waals surface area contributed by atoms with Crippen molar-refractivity contribution in [2.24, 2.45) is 0 Å². The quantitative estimate of drug-likeness (QED) is 0.196. The summed E-state index contributed by atoms with van der Waals surface area (Å²) in [6.07, 6.45) is 13.4. The summed E-state index contributed by atoms with van der Waals surface area (Å²) >= 11 is 0. The Morgan fingerprint density at radius 1 is 0.525 bits per heavy atom. The van der Waals surface area contributed by atoms with Crippen molar-refractivity contribution in [1.29, 1.82) is 0 Å². The minimum absolute atomic E-state index is 0.453. The second-order valence-electron chi connectivity index (χ2n) is 13.8. The average Bonchev–Trinajstić information content (AvgIpc) is 2.94. The SMILES string of the molecule is CC(C)c1cccc(C(C)C)c1NC(Nc1c(C(C)C)cccc1C(C)C)=[N+](C1CCCCC1)C1CCCCC1. The van der Waals surface area contributed by atoms with Crippen molar-refractivity contribution >= 4 is 17.3 Å². The van der Waals surface area contributed by atoms with E-state index in [1.807, 2.05) is 0 Å². The summed E-state index contributed by atoms with van der Waals surface area (Å²) in [5, 5.41) is 8.37. The molecule has 40 heavy (non-hydrogen) atoms. The number of nitrogens with zero attached hydrogens (tertiary/aromatic N) is 1. The molecule has 2 N–H and O–H groups in total. The fraction of sp³-hybridized carbons (Fsp3) is 0.649. The van der Waals surface area contributed by atoms with Crippen molar-refractivity contribution < 1.29 is 4.58 Å². The van der Waals surface area contributed by atoms with E-state index in [4.69, 9.17) is 0 Å². The van der Waals surface area contributed by atoms with Crippen LogP contribution in [0, 0.1) is 0 Å². The van der Waals surface area contributed by atoms with Crippen LogP contribution in [0.4, 0.5) is 11.4 Å². The molecule has 3 heteroatoms. The molecule has 0 spiro atoms. The zero-order chi connectivity index (χ0) is 28.8. The topological polar surface area (TPSA) is 27.1 Å². The van der Waals surface area contributed by atoms with Gasteiger partial charge in [-0.05, 0) is 71.6 Å². The molecule has 0 radical (unpaired) electrons. The third-order valence-corrected chi connectivity index (χ3v) is 9.43. The Morgan fingerprint density at radius 2 is 0.825 bits per heavy atom. The summed E-state index contributed by atoms with van der Waals surface area (Å²) in [6, 6.07) is 15.0. The first kappa shape index (κ1) is 30.7. The van der Waals surface area contributed by atoms with Gasteiger partial charge in [-0.1, -0.05) is 130 Å². The van der Waals surface area contributed by atoms with Crippen molar-refractivity contribution in [3.05, 3.63) is 58.7 Å². The van der Waals surface area contributed by atoms with Crippen LogP contribution in [0.15, 0.2) is 36.4 Å². The fourth-order valence-electron chi connectivity index (χ4n) is 7.17. The second kappa shape index (κ2) is 14.1. The van der Waals surface area contributed by atoms with Crippen LogP contribution in [0.1, 0.15) is 166 Å². The fourth-order valence-corrected chi connectivity index (χ4v) is 7.17. The highest BCUT2D eigenvalue weighted by molar-refractivity contribution is 6.02. The third-order valence-electron chi connectivity index (χ3n) is 9.43. The summed E-state index contributed by atoms with van der Waals surface area (Å²) in [7, 11) is 0. The van der Waals surface area contributed by atoms with E-state index in [1.165, 1.54) is 104 Å². The molecule has 0 bridgehead atoms. The van der Waals surface area contributed by atoms with Crippen LogP contribution in [0.25, 0.3) is 0 Å².